The molecule has 0 aromatic heterocycles. The molecule has 1 saturated heterocycles. The van der Waals surface area contributed by atoms with E-state index < -0.39 is 18.2 Å². The van der Waals surface area contributed by atoms with Crippen LogP contribution in [0.4, 0.5) is 0 Å². The number of carboxylic acids is 1. The first-order chi connectivity index (χ1) is 14.4. The normalized spacial score (nSPS) is 30.0. The highest BCUT2D eigenvalue weighted by atomic mass is 35.5. The van der Waals surface area contributed by atoms with Crippen LogP contribution in [0.25, 0.3) is 0 Å². The Labute approximate surface area is 182 Å². The molecule has 6 nitrogen and oxygen atoms in total. The van der Waals surface area contributed by atoms with Gasteiger partial charge in [0.25, 0.3) is 0 Å². The number of carboxylic acid groups (broad SMARTS) is 1. The van der Waals surface area contributed by atoms with Crippen LogP contribution in [-0.2, 0) is 9.53 Å². The van der Waals surface area contributed by atoms with Gasteiger partial charge in [-0.3, -0.25) is 4.79 Å². The molecule has 1 aromatic carbocycles. The van der Waals surface area contributed by atoms with Crippen LogP contribution < -0.4 is 4.74 Å². The summed E-state index contributed by atoms with van der Waals surface area (Å²) in [7, 11) is 0. The number of ether oxygens (including phenoxy) is 2. The average Bonchev–Trinajstić information content (AvgIpc) is 2.87. The van der Waals surface area contributed by atoms with Crippen molar-refractivity contribution < 1.29 is 29.6 Å². The Balaban J connectivity index is 1.48. The first-order valence-electron chi connectivity index (χ1n) is 10.7. The maximum Gasteiger partial charge on any atom is 0.303 e. The van der Waals surface area contributed by atoms with E-state index >= 15 is 0 Å². The number of fused-ring (bicyclic) bond motifs is 1. The third-order valence-electron chi connectivity index (χ3n) is 6.14. The lowest BCUT2D eigenvalue weighted by Gasteiger charge is -2.21. The molecule has 1 aliphatic heterocycles. The van der Waals surface area contributed by atoms with Gasteiger partial charge < -0.3 is 24.8 Å². The molecule has 1 aliphatic carbocycles. The molecule has 1 aromatic rings. The molecule has 3 N–H and O–H groups in total. The zero-order chi connectivity index (χ0) is 21.5. The summed E-state index contributed by atoms with van der Waals surface area (Å²) >= 11 is 5.85. The fourth-order valence-corrected chi connectivity index (χ4v) is 4.64. The second kappa shape index (κ2) is 11.1. The van der Waals surface area contributed by atoms with E-state index in [9.17, 15) is 15.0 Å². The van der Waals surface area contributed by atoms with Gasteiger partial charge in [0.2, 0.25) is 0 Å². The first-order valence-corrected chi connectivity index (χ1v) is 11.1. The molecule has 3 rings (SSSR count). The van der Waals surface area contributed by atoms with Crippen molar-refractivity contribution in [3.05, 3.63) is 41.4 Å². The van der Waals surface area contributed by atoms with E-state index in [1.54, 1.807) is 30.3 Å². The molecule has 1 heterocycles. The predicted molar refractivity (Wildman–Crippen MR) is 114 cm³/mol. The van der Waals surface area contributed by atoms with Gasteiger partial charge in [0.05, 0.1) is 12.2 Å². The van der Waals surface area contributed by atoms with E-state index in [0.29, 0.717) is 36.1 Å². The molecular formula is C23H31ClO6. The van der Waals surface area contributed by atoms with Crippen molar-refractivity contribution in [3.8, 4) is 5.75 Å². The average molecular weight is 439 g/mol. The van der Waals surface area contributed by atoms with Gasteiger partial charge in [-0.15, -0.1) is 0 Å². The zero-order valence-corrected chi connectivity index (χ0v) is 17.8. The number of hydrogen-bond donors (Lipinski definition) is 3. The van der Waals surface area contributed by atoms with E-state index in [1.807, 2.05) is 6.08 Å². The van der Waals surface area contributed by atoms with E-state index in [1.165, 1.54) is 0 Å². The number of aliphatic hydroxyl groups excluding tert-OH is 2. The summed E-state index contributed by atoms with van der Waals surface area (Å²) in [5, 5.41) is 30.2. The monoisotopic (exact) mass is 438 g/mol. The molecule has 7 heteroatoms. The second-order valence-corrected chi connectivity index (χ2v) is 8.80. The smallest absolute Gasteiger partial charge is 0.303 e. The van der Waals surface area contributed by atoms with Gasteiger partial charge in [0, 0.05) is 30.4 Å². The third-order valence-corrected chi connectivity index (χ3v) is 6.39. The van der Waals surface area contributed by atoms with Crippen LogP contribution in [0.1, 0.15) is 38.5 Å². The molecule has 1 saturated carbocycles. The number of aliphatic hydroxyl groups is 2. The van der Waals surface area contributed by atoms with Crippen molar-refractivity contribution in [1.82, 2.24) is 0 Å². The summed E-state index contributed by atoms with van der Waals surface area (Å²) in [6.45, 7) is 0.749. The van der Waals surface area contributed by atoms with Gasteiger partial charge in [-0.1, -0.05) is 23.8 Å². The van der Waals surface area contributed by atoms with Crippen LogP contribution in [0.5, 0.6) is 5.75 Å². The van der Waals surface area contributed by atoms with Crippen molar-refractivity contribution in [2.45, 2.75) is 56.8 Å². The SMILES string of the molecule is O=C(O)CCC[C@H]1CC[C@@H]2[C@@H](/C=C/[C@@H](O)COc3ccc(Cl)cc3)[C@H](O)C[C@@H]2OC1. The zero-order valence-electron chi connectivity index (χ0n) is 17.0. The Morgan fingerprint density at radius 1 is 1.30 bits per heavy atom. The molecule has 0 amide bonds. The highest BCUT2D eigenvalue weighted by molar-refractivity contribution is 6.30. The number of carbonyl (C=O) groups is 1. The van der Waals surface area contributed by atoms with Gasteiger partial charge >= 0.3 is 5.97 Å². The molecule has 166 valence electrons. The maximum absolute atomic E-state index is 10.7. The summed E-state index contributed by atoms with van der Waals surface area (Å²) in [6.07, 6.45) is 6.59. The van der Waals surface area contributed by atoms with Gasteiger partial charge in [-0.25, -0.2) is 0 Å². The first kappa shape index (κ1) is 23.1. The van der Waals surface area contributed by atoms with Crippen LogP contribution in [0.15, 0.2) is 36.4 Å². The Morgan fingerprint density at radius 2 is 2.07 bits per heavy atom. The number of aliphatic carboxylic acids is 1. The highest BCUT2D eigenvalue weighted by Crippen LogP contribution is 2.42. The Kier molecular flexibility index (Phi) is 8.57. The Hall–Kier alpha value is -1.60. The molecular weight excluding hydrogens is 408 g/mol. The molecule has 0 unspecified atom stereocenters. The number of halogens is 1. The number of benzene rings is 1. The summed E-state index contributed by atoms with van der Waals surface area (Å²) in [5.41, 5.74) is 0. The molecule has 0 spiro atoms. The van der Waals surface area contributed by atoms with Crippen LogP contribution >= 0.6 is 11.6 Å². The molecule has 2 aliphatic rings. The molecule has 0 bridgehead atoms. The topological polar surface area (TPSA) is 96.2 Å². The summed E-state index contributed by atoms with van der Waals surface area (Å²) in [4.78, 5) is 10.7. The van der Waals surface area contributed by atoms with Crippen LogP contribution in [0.2, 0.25) is 5.02 Å². The predicted octanol–water partition coefficient (Wildman–Crippen LogP) is 3.68. The minimum Gasteiger partial charge on any atom is -0.491 e. The van der Waals surface area contributed by atoms with Gasteiger partial charge in [-0.05, 0) is 61.8 Å². The minimum atomic E-state index is -0.776. The fourth-order valence-electron chi connectivity index (χ4n) is 4.51. The number of hydrogen-bond acceptors (Lipinski definition) is 5. The van der Waals surface area contributed by atoms with E-state index in [2.05, 4.69) is 0 Å². The number of rotatable bonds is 9. The summed E-state index contributed by atoms with van der Waals surface area (Å²) < 4.78 is 11.7. The third kappa shape index (κ3) is 6.71. The maximum atomic E-state index is 10.7. The molecule has 30 heavy (non-hydrogen) atoms. The van der Waals surface area contributed by atoms with E-state index in [0.717, 1.165) is 19.3 Å². The molecule has 0 radical (unpaired) electrons. The quantitative estimate of drug-likeness (QED) is 0.509. The van der Waals surface area contributed by atoms with Crippen molar-refractivity contribution in [1.29, 1.82) is 0 Å². The molecule has 2 fully saturated rings. The lowest BCUT2D eigenvalue weighted by molar-refractivity contribution is -0.137. The lowest BCUT2D eigenvalue weighted by Crippen LogP contribution is -2.22. The van der Waals surface area contributed by atoms with Crippen LogP contribution in [0.3, 0.4) is 0 Å². The van der Waals surface area contributed by atoms with Crippen molar-refractivity contribution in [2.75, 3.05) is 13.2 Å². The lowest BCUT2D eigenvalue weighted by atomic mass is 9.86. The van der Waals surface area contributed by atoms with Crippen LogP contribution in [0, 0.1) is 17.8 Å². The highest BCUT2D eigenvalue weighted by Gasteiger charge is 2.43. The fraction of sp³-hybridized carbons (Fsp3) is 0.609. The Bertz CT molecular complexity index is 706. The van der Waals surface area contributed by atoms with E-state index in [-0.39, 0.29) is 31.0 Å². The van der Waals surface area contributed by atoms with Crippen molar-refractivity contribution in [3.63, 3.8) is 0 Å². The Morgan fingerprint density at radius 3 is 2.80 bits per heavy atom. The minimum absolute atomic E-state index is 0.0154. The van der Waals surface area contributed by atoms with Crippen molar-refractivity contribution in [2.24, 2.45) is 17.8 Å². The summed E-state index contributed by atoms with van der Waals surface area (Å²) in [5.74, 6) is 0.408. The molecule has 6 atom stereocenters. The second-order valence-electron chi connectivity index (χ2n) is 8.36. The van der Waals surface area contributed by atoms with E-state index in [4.69, 9.17) is 26.2 Å². The van der Waals surface area contributed by atoms with Gasteiger partial charge in [0.15, 0.2) is 0 Å². The summed E-state index contributed by atoms with van der Waals surface area (Å²) in [6, 6.07) is 6.96. The largest absolute Gasteiger partial charge is 0.491 e. The van der Waals surface area contributed by atoms with Gasteiger partial charge in [-0.2, -0.15) is 0 Å². The van der Waals surface area contributed by atoms with Gasteiger partial charge in [0.1, 0.15) is 18.5 Å². The van der Waals surface area contributed by atoms with Crippen molar-refractivity contribution >= 4 is 17.6 Å². The standard InChI is InChI=1S/C23H31ClO6/c24-16-5-8-18(9-6-16)29-14-17(25)7-11-19-20-10-4-15(2-1-3-23(27)28)13-30-22(20)12-21(19)26/h5-9,11,15,17,19-22,25-26H,1-4,10,12-14H2,(H,27,28)/b11-7+/t15-,17+,19+,20+,21+,22-/m0/s1. The van der Waals surface area contributed by atoms with Crippen LogP contribution in [-0.4, -0.2) is 52.8 Å².